The molecular formula is C17H29N3O2. The predicted molar refractivity (Wildman–Crippen MR) is 86.7 cm³/mol. The molecule has 1 amide bonds. The second kappa shape index (κ2) is 6.82. The zero-order valence-corrected chi connectivity index (χ0v) is 14.2. The summed E-state index contributed by atoms with van der Waals surface area (Å²) in [6.07, 6.45) is 6.23. The van der Waals surface area contributed by atoms with Crippen molar-refractivity contribution in [2.45, 2.75) is 65.5 Å². The van der Waals surface area contributed by atoms with Crippen molar-refractivity contribution in [2.24, 2.45) is 11.3 Å². The molecule has 0 bridgehead atoms. The summed E-state index contributed by atoms with van der Waals surface area (Å²) >= 11 is 0. The van der Waals surface area contributed by atoms with Crippen molar-refractivity contribution < 1.29 is 9.90 Å². The molecule has 1 aliphatic carbocycles. The molecule has 1 saturated carbocycles. The van der Waals surface area contributed by atoms with Crippen molar-refractivity contribution in [1.82, 2.24) is 15.1 Å². The molecule has 1 heterocycles. The lowest BCUT2D eigenvalue weighted by Crippen LogP contribution is -2.43. The molecule has 1 unspecified atom stereocenters. The van der Waals surface area contributed by atoms with E-state index in [1.54, 1.807) is 6.07 Å². The van der Waals surface area contributed by atoms with Crippen LogP contribution in [0.3, 0.4) is 0 Å². The maximum Gasteiger partial charge on any atom is 0.271 e. The Bertz CT molecular complexity index is 502. The highest BCUT2D eigenvalue weighted by atomic mass is 16.3. The average Bonchev–Trinajstić information content (AvgIpc) is 3.13. The van der Waals surface area contributed by atoms with E-state index in [2.05, 4.69) is 10.4 Å². The summed E-state index contributed by atoms with van der Waals surface area (Å²) in [4.78, 5) is 12.2. The first kappa shape index (κ1) is 17.0. The van der Waals surface area contributed by atoms with E-state index in [0.717, 1.165) is 12.8 Å². The lowest BCUT2D eigenvalue weighted by molar-refractivity contribution is 0.0138. The van der Waals surface area contributed by atoms with E-state index in [9.17, 15) is 9.90 Å². The minimum atomic E-state index is -0.455. The van der Waals surface area contributed by atoms with Gasteiger partial charge in [0.25, 0.3) is 5.91 Å². The highest BCUT2D eigenvalue weighted by molar-refractivity contribution is 5.92. The highest BCUT2D eigenvalue weighted by Crippen LogP contribution is 2.29. The maximum atomic E-state index is 12.2. The SMILES string of the molecule is CC(C)C(O)C(C)(C)CNC(=O)c1ccn(C2CCCC2)n1. The number of hydrogen-bond donors (Lipinski definition) is 2. The highest BCUT2D eigenvalue weighted by Gasteiger charge is 2.31. The van der Waals surface area contributed by atoms with Crippen LogP contribution < -0.4 is 5.32 Å². The first-order valence-corrected chi connectivity index (χ1v) is 8.32. The topological polar surface area (TPSA) is 67.2 Å². The van der Waals surface area contributed by atoms with Crippen molar-refractivity contribution in [3.63, 3.8) is 0 Å². The average molecular weight is 307 g/mol. The number of nitrogens with zero attached hydrogens (tertiary/aromatic N) is 2. The van der Waals surface area contributed by atoms with Crippen LogP contribution in [0, 0.1) is 11.3 Å². The van der Waals surface area contributed by atoms with E-state index in [0.29, 0.717) is 18.3 Å². The van der Waals surface area contributed by atoms with Gasteiger partial charge in [-0.15, -0.1) is 0 Å². The number of nitrogens with one attached hydrogen (secondary N) is 1. The molecule has 1 atom stereocenters. The zero-order chi connectivity index (χ0) is 16.3. The molecule has 1 aromatic heterocycles. The third kappa shape index (κ3) is 3.88. The summed E-state index contributed by atoms with van der Waals surface area (Å²) in [5.41, 5.74) is 0.0967. The minimum absolute atomic E-state index is 0.161. The number of aromatic nitrogens is 2. The fourth-order valence-electron chi connectivity index (χ4n) is 3.24. The van der Waals surface area contributed by atoms with Crippen molar-refractivity contribution in [3.05, 3.63) is 18.0 Å². The van der Waals surface area contributed by atoms with E-state index < -0.39 is 6.10 Å². The van der Waals surface area contributed by atoms with Gasteiger partial charge in [0.2, 0.25) is 0 Å². The summed E-state index contributed by atoms with van der Waals surface area (Å²) in [6.45, 7) is 8.33. The monoisotopic (exact) mass is 307 g/mol. The zero-order valence-electron chi connectivity index (χ0n) is 14.2. The number of carbonyl (C=O) groups excluding carboxylic acids is 1. The van der Waals surface area contributed by atoms with Gasteiger partial charge in [0.1, 0.15) is 5.69 Å². The molecule has 124 valence electrons. The fourth-order valence-corrected chi connectivity index (χ4v) is 3.24. The van der Waals surface area contributed by atoms with Gasteiger partial charge in [0, 0.05) is 18.2 Å². The number of amides is 1. The number of aliphatic hydroxyl groups excluding tert-OH is 1. The third-order valence-corrected chi connectivity index (χ3v) is 4.68. The number of hydrogen-bond acceptors (Lipinski definition) is 3. The van der Waals surface area contributed by atoms with Crippen LogP contribution in [-0.4, -0.2) is 33.4 Å². The third-order valence-electron chi connectivity index (χ3n) is 4.68. The van der Waals surface area contributed by atoms with E-state index in [1.165, 1.54) is 12.8 Å². The molecule has 1 fully saturated rings. The van der Waals surface area contributed by atoms with Crippen molar-refractivity contribution in [3.8, 4) is 0 Å². The van der Waals surface area contributed by atoms with Gasteiger partial charge in [0.15, 0.2) is 0 Å². The van der Waals surface area contributed by atoms with Gasteiger partial charge in [-0.1, -0.05) is 40.5 Å². The van der Waals surface area contributed by atoms with Crippen molar-refractivity contribution in [2.75, 3.05) is 6.54 Å². The van der Waals surface area contributed by atoms with Crippen LogP contribution in [0.5, 0.6) is 0 Å². The number of carbonyl (C=O) groups is 1. The van der Waals surface area contributed by atoms with Gasteiger partial charge in [-0.25, -0.2) is 0 Å². The molecule has 2 N–H and O–H groups in total. The second-order valence-corrected chi connectivity index (χ2v) is 7.48. The molecule has 0 saturated heterocycles. The van der Waals surface area contributed by atoms with E-state index in [4.69, 9.17) is 0 Å². The second-order valence-electron chi connectivity index (χ2n) is 7.48. The van der Waals surface area contributed by atoms with E-state index in [-0.39, 0.29) is 17.2 Å². The van der Waals surface area contributed by atoms with Crippen molar-refractivity contribution in [1.29, 1.82) is 0 Å². The number of rotatable bonds is 6. The maximum absolute atomic E-state index is 12.2. The molecule has 1 aliphatic rings. The molecule has 0 radical (unpaired) electrons. The van der Waals surface area contributed by atoms with Crippen LogP contribution >= 0.6 is 0 Å². The van der Waals surface area contributed by atoms with Crippen LogP contribution in [0.25, 0.3) is 0 Å². The standard InChI is InChI=1S/C17H29N3O2/c1-12(2)15(21)17(3,4)11-18-16(22)14-9-10-20(19-14)13-7-5-6-8-13/h9-10,12-13,15,21H,5-8,11H2,1-4H3,(H,18,22). The first-order valence-electron chi connectivity index (χ1n) is 8.32. The van der Waals surface area contributed by atoms with Gasteiger partial charge in [-0.2, -0.15) is 5.10 Å². The van der Waals surface area contributed by atoms with Gasteiger partial charge < -0.3 is 10.4 Å². The summed E-state index contributed by atoms with van der Waals surface area (Å²) in [5.74, 6) is -0.00532. The molecule has 5 nitrogen and oxygen atoms in total. The van der Waals surface area contributed by atoms with Gasteiger partial charge in [-0.05, 0) is 24.8 Å². The molecule has 0 aromatic carbocycles. The predicted octanol–water partition coefficient (Wildman–Crippen LogP) is 2.77. The number of aliphatic hydroxyl groups is 1. The molecular weight excluding hydrogens is 278 g/mol. The minimum Gasteiger partial charge on any atom is -0.392 e. The van der Waals surface area contributed by atoms with Gasteiger partial charge in [0.05, 0.1) is 12.1 Å². The first-order chi connectivity index (χ1) is 10.3. The van der Waals surface area contributed by atoms with Crippen LogP contribution in [0.4, 0.5) is 0 Å². The molecule has 1 aromatic rings. The van der Waals surface area contributed by atoms with Crippen molar-refractivity contribution >= 4 is 5.91 Å². The molecule has 5 heteroatoms. The smallest absolute Gasteiger partial charge is 0.271 e. The Morgan fingerprint density at radius 3 is 2.68 bits per heavy atom. The fraction of sp³-hybridized carbons (Fsp3) is 0.765. The summed E-state index contributed by atoms with van der Waals surface area (Å²) in [7, 11) is 0. The molecule has 2 rings (SSSR count). The Hall–Kier alpha value is -1.36. The van der Waals surface area contributed by atoms with Crippen LogP contribution in [0.2, 0.25) is 0 Å². The Kier molecular flexibility index (Phi) is 5.27. The quantitative estimate of drug-likeness (QED) is 0.849. The molecule has 0 spiro atoms. The van der Waals surface area contributed by atoms with E-state index in [1.807, 2.05) is 38.6 Å². The lowest BCUT2D eigenvalue weighted by atomic mass is 9.80. The Balaban J connectivity index is 1.92. The van der Waals surface area contributed by atoms with Crippen LogP contribution in [-0.2, 0) is 0 Å². The largest absolute Gasteiger partial charge is 0.392 e. The Labute approximate surface area is 133 Å². The molecule has 22 heavy (non-hydrogen) atoms. The summed E-state index contributed by atoms with van der Waals surface area (Å²) in [6, 6.07) is 2.22. The van der Waals surface area contributed by atoms with Crippen LogP contribution in [0.15, 0.2) is 12.3 Å². The lowest BCUT2D eigenvalue weighted by Gasteiger charge is -2.33. The normalized spacial score (nSPS) is 17.9. The van der Waals surface area contributed by atoms with Gasteiger partial charge >= 0.3 is 0 Å². The molecule has 0 aliphatic heterocycles. The summed E-state index contributed by atoms with van der Waals surface area (Å²) < 4.78 is 1.93. The van der Waals surface area contributed by atoms with Crippen LogP contribution in [0.1, 0.15) is 69.9 Å². The summed E-state index contributed by atoms with van der Waals surface area (Å²) in [5, 5.41) is 17.5. The Morgan fingerprint density at radius 1 is 1.45 bits per heavy atom. The Morgan fingerprint density at radius 2 is 2.09 bits per heavy atom. The van der Waals surface area contributed by atoms with Gasteiger partial charge in [-0.3, -0.25) is 9.48 Å². The van der Waals surface area contributed by atoms with E-state index >= 15 is 0 Å².